The van der Waals surface area contributed by atoms with Crippen LogP contribution in [0, 0.1) is 11.3 Å². The van der Waals surface area contributed by atoms with Crippen molar-refractivity contribution in [1.29, 1.82) is 5.26 Å². The Kier molecular flexibility index (Phi) is 4.66. The van der Waals surface area contributed by atoms with Gasteiger partial charge in [0, 0.05) is 19.3 Å². The van der Waals surface area contributed by atoms with E-state index in [1.54, 1.807) is 23.1 Å². The van der Waals surface area contributed by atoms with Crippen LogP contribution in [0.3, 0.4) is 0 Å². The molecule has 2 unspecified atom stereocenters. The Labute approximate surface area is 122 Å². The van der Waals surface area contributed by atoms with Crippen molar-refractivity contribution < 1.29 is 0 Å². The topological polar surface area (TPSA) is 64.8 Å². The molecule has 1 aliphatic rings. The number of aromatic nitrogens is 2. The molecule has 0 amide bonds. The monoisotopic (exact) mass is 297 g/mol. The number of rotatable bonds is 4. The molecule has 0 spiro atoms. The Bertz CT molecular complexity index is 467. The first kappa shape index (κ1) is 14.6. The van der Waals surface area contributed by atoms with Gasteiger partial charge < -0.3 is 10.2 Å². The zero-order valence-electron chi connectivity index (χ0n) is 11.5. The van der Waals surface area contributed by atoms with Gasteiger partial charge in [0.25, 0.3) is 0 Å². The molecule has 1 aromatic heterocycles. The Morgan fingerprint density at radius 3 is 2.89 bits per heavy atom. The summed E-state index contributed by atoms with van der Waals surface area (Å²) in [6.45, 7) is 0. The van der Waals surface area contributed by atoms with Gasteiger partial charge in [-0.15, -0.1) is 10.2 Å². The molecule has 19 heavy (non-hydrogen) atoms. The minimum atomic E-state index is -0.356. The molecule has 1 heterocycles. The molecule has 104 valence electrons. The van der Waals surface area contributed by atoms with E-state index < -0.39 is 0 Å². The van der Waals surface area contributed by atoms with Crippen molar-refractivity contribution in [3.63, 3.8) is 0 Å². The third-order valence-electron chi connectivity index (χ3n) is 3.44. The first-order valence-electron chi connectivity index (χ1n) is 6.36. The molecule has 0 saturated heterocycles. The lowest BCUT2D eigenvalue weighted by molar-refractivity contribution is 0.323. The van der Waals surface area contributed by atoms with E-state index in [1.165, 1.54) is 0 Å². The average molecular weight is 297 g/mol. The predicted octanol–water partition coefficient (Wildman–Crippen LogP) is 2.12. The Morgan fingerprint density at radius 1 is 1.53 bits per heavy atom. The van der Waals surface area contributed by atoms with Crippen molar-refractivity contribution in [2.24, 2.45) is 0 Å². The Hall–Kier alpha value is -0.840. The number of nitriles is 1. The highest BCUT2D eigenvalue weighted by atomic mass is 32.2. The lowest BCUT2D eigenvalue weighted by Crippen LogP contribution is -2.46. The van der Waals surface area contributed by atoms with Crippen molar-refractivity contribution in [2.45, 2.75) is 40.8 Å². The first-order chi connectivity index (χ1) is 9.08. The average Bonchev–Trinajstić information content (AvgIpc) is 2.87. The Morgan fingerprint density at radius 2 is 2.32 bits per heavy atom. The van der Waals surface area contributed by atoms with E-state index >= 15 is 0 Å². The van der Waals surface area contributed by atoms with Crippen LogP contribution < -0.4 is 10.2 Å². The molecule has 1 aliphatic carbocycles. The van der Waals surface area contributed by atoms with Gasteiger partial charge in [-0.1, -0.05) is 23.1 Å². The van der Waals surface area contributed by atoms with Crippen molar-refractivity contribution in [2.75, 3.05) is 26.0 Å². The second kappa shape index (κ2) is 6.07. The van der Waals surface area contributed by atoms with E-state index in [1.807, 2.05) is 26.0 Å². The van der Waals surface area contributed by atoms with Crippen LogP contribution in [0.2, 0.25) is 0 Å². The van der Waals surface area contributed by atoms with Gasteiger partial charge in [0.1, 0.15) is 5.54 Å². The predicted molar refractivity (Wildman–Crippen MR) is 79.8 cm³/mol. The van der Waals surface area contributed by atoms with Crippen molar-refractivity contribution in [1.82, 2.24) is 15.5 Å². The number of hydrogen-bond acceptors (Lipinski definition) is 7. The van der Waals surface area contributed by atoms with Crippen LogP contribution in [0.1, 0.15) is 25.7 Å². The number of nitrogens with zero attached hydrogens (tertiary/aromatic N) is 4. The van der Waals surface area contributed by atoms with Crippen LogP contribution in [0.15, 0.2) is 4.34 Å². The normalized spacial score (nSPS) is 26.9. The molecule has 0 radical (unpaired) electrons. The fourth-order valence-corrected chi connectivity index (χ4v) is 4.63. The summed E-state index contributed by atoms with van der Waals surface area (Å²) < 4.78 is 0.999. The third kappa shape index (κ3) is 3.38. The highest BCUT2D eigenvalue weighted by Crippen LogP contribution is 2.39. The Balaban J connectivity index is 2.00. The summed E-state index contributed by atoms with van der Waals surface area (Å²) in [5, 5.41) is 22.3. The molecule has 7 heteroatoms. The van der Waals surface area contributed by atoms with E-state index in [-0.39, 0.29) is 5.54 Å². The van der Waals surface area contributed by atoms with Gasteiger partial charge in [-0.2, -0.15) is 5.26 Å². The maximum atomic E-state index is 9.35. The molecule has 2 rings (SSSR count). The standard InChI is InChI=1S/C12H19N5S2/c1-14-12(8-13)6-4-5-9(7-12)18-11-16-15-10(19-11)17(2)3/h9,14H,4-7H2,1-3H3. The van der Waals surface area contributed by atoms with E-state index in [0.717, 1.165) is 35.2 Å². The van der Waals surface area contributed by atoms with E-state index in [9.17, 15) is 5.26 Å². The summed E-state index contributed by atoms with van der Waals surface area (Å²) in [7, 11) is 5.82. The van der Waals surface area contributed by atoms with Gasteiger partial charge >= 0.3 is 0 Å². The van der Waals surface area contributed by atoms with Gasteiger partial charge in [-0.3, -0.25) is 0 Å². The fraction of sp³-hybridized carbons (Fsp3) is 0.750. The van der Waals surface area contributed by atoms with E-state index in [2.05, 4.69) is 21.6 Å². The van der Waals surface area contributed by atoms with Crippen LogP contribution in [-0.2, 0) is 0 Å². The second-order valence-electron chi connectivity index (χ2n) is 5.03. The molecule has 1 N–H and O–H groups in total. The minimum Gasteiger partial charge on any atom is -0.353 e. The smallest absolute Gasteiger partial charge is 0.208 e. The molecule has 5 nitrogen and oxygen atoms in total. The van der Waals surface area contributed by atoms with E-state index in [0.29, 0.717) is 5.25 Å². The van der Waals surface area contributed by atoms with Gasteiger partial charge in [0.05, 0.1) is 6.07 Å². The molecule has 1 saturated carbocycles. The minimum absolute atomic E-state index is 0.356. The maximum absolute atomic E-state index is 9.35. The van der Waals surface area contributed by atoms with Crippen molar-refractivity contribution in [3.8, 4) is 6.07 Å². The second-order valence-corrected chi connectivity index (χ2v) is 7.53. The zero-order valence-corrected chi connectivity index (χ0v) is 13.1. The quantitative estimate of drug-likeness (QED) is 0.918. The maximum Gasteiger partial charge on any atom is 0.208 e. The number of hydrogen-bond donors (Lipinski definition) is 1. The van der Waals surface area contributed by atoms with Gasteiger partial charge in [0.15, 0.2) is 4.34 Å². The summed E-state index contributed by atoms with van der Waals surface area (Å²) in [4.78, 5) is 1.97. The van der Waals surface area contributed by atoms with Crippen LogP contribution in [0.5, 0.6) is 0 Å². The third-order valence-corrected chi connectivity index (χ3v) is 5.89. The van der Waals surface area contributed by atoms with Gasteiger partial charge in [-0.05, 0) is 32.7 Å². The van der Waals surface area contributed by atoms with E-state index in [4.69, 9.17) is 0 Å². The molecular weight excluding hydrogens is 278 g/mol. The largest absolute Gasteiger partial charge is 0.353 e. The van der Waals surface area contributed by atoms with Crippen LogP contribution in [0.25, 0.3) is 0 Å². The lowest BCUT2D eigenvalue weighted by atomic mass is 9.83. The molecule has 0 bridgehead atoms. The highest BCUT2D eigenvalue weighted by molar-refractivity contribution is 8.01. The van der Waals surface area contributed by atoms with Crippen LogP contribution >= 0.6 is 23.1 Å². The summed E-state index contributed by atoms with van der Waals surface area (Å²) in [6.07, 6.45) is 4.05. The number of thioether (sulfide) groups is 1. The summed E-state index contributed by atoms with van der Waals surface area (Å²) in [6, 6.07) is 2.44. The van der Waals surface area contributed by atoms with Crippen molar-refractivity contribution in [3.05, 3.63) is 0 Å². The van der Waals surface area contributed by atoms with Gasteiger partial charge in [0.2, 0.25) is 5.13 Å². The number of anilines is 1. The molecular formula is C12H19N5S2. The lowest BCUT2D eigenvalue weighted by Gasteiger charge is -2.34. The molecule has 0 aliphatic heterocycles. The SMILES string of the molecule is CNC1(C#N)CCCC(Sc2nnc(N(C)C)s2)C1. The highest BCUT2D eigenvalue weighted by Gasteiger charge is 2.36. The van der Waals surface area contributed by atoms with Crippen LogP contribution in [0.4, 0.5) is 5.13 Å². The summed E-state index contributed by atoms with van der Waals surface area (Å²) >= 11 is 3.38. The summed E-state index contributed by atoms with van der Waals surface area (Å²) in [5.74, 6) is 0. The van der Waals surface area contributed by atoms with Gasteiger partial charge in [-0.25, -0.2) is 0 Å². The zero-order chi connectivity index (χ0) is 13.9. The van der Waals surface area contributed by atoms with Crippen molar-refractivity contribution >= 4 is 28.2 Å². The molecule has 1 fully saturated rings. The summed E-state index contributed by atoms with van der Waals surface area (Å²) in [5.41, 5.74) is -0.356. The fourth-order valence-electron chi connectivity index (χ4n) is 2.28. The van der Waals surface area contributed by atoms with Crippen LogP contribution in [-0.4, -0.2) is 42.1 Å². The molecule has 2 atom stereocenters. The first-order valence-corrected chi connectivity index (χ1v) is 8.06. The molecule has 0 aromatic carbocycles. The molecule has 1 aromatic rings. The number of nitrogens with one attached hydrogen (secondary N) is 1.